The standard InChI is InChI=1S/C20H18N4O/c1-14-7-9-16(10-8-14)12-23-13-21-19-17(20(23)25)11-22-24(19)18-6-4-3-5-15(18)2/h3-11,13H,12H2,1-2H3. The second-order valence-electron chi connectivity index (χ2n) is 6.24. The van der Waals surface area contributed by atoms with Gasteiger partial charge in [0.1, 0.15) is 11.7 Å². The van der Waals surface area contributed by atoms with Gasteiger partial charge in [0, 0.05) is 0 Å². The Kier molecular flexibility index (Phi) is 3.69. The van der Waals surface area contributed by atoms with Crippen LogP contribution in [0.5, 0.6) is 0 Å². The van der Waals surface area contributed by atoms with Gasteiger partial charge in [-0.2, -0.15) is 5.10 Å². The summed E-state index contributed by atoms with van der Waals surface area (Å²) in [5.74, 6) is 0. The molecule has 0 atom stereocenters. The molecular formula is C20H18N4O. The Morgan fingerprint density at radius 1 is 1.00 bits per heavy atom. The van der Waals surface area contributed by atoms with Gasteiger partial charge in [-0.1, -0.05) is 48.0 Å². The Bertz CT molecular complexity index is 1110. The van der Waals surface area contributed by atoms with Gasteiger partial charge in [0.15, 0.2) is 5.65 Å². The quantitative estimate of drug-likeness (QED) is 0.579. The number of rotatable bonds is 3. The summed E-state index contributed by atoms with van der Waals surface area (Å²) in [5.41, 5.74) is 4.79. The molecule has 0 saturated carbocycles. The number of fused-ring (bicyclic) bond motifs is 1. The van der Waals surface area contributed by atoms with E-state index in [0.717, 1.165) is 16.8 Å². The molecule has 2 aromatic heterocycles. The number of aromatic nitrogens is 4. The molecule has 2 aromatic carbocycles. The molecule has 0 aliphatic heterocycles. The van der Waals surface area contributed by atoms with Crippen LogP contribution >= 0.6 is 0 Å². The van der Waals surface area contributed by atoms with Crippen LogP contribution in [0.1, 0.15) is 16.7 Å². The highest BCUT2D eigenvalue weighted by Gasteiger charge is 2.12. The van der Waals surface area contributed by atoms with Crippen LogP contribution < -0.4 is 5.56 Å². The summed E-state index contributed by atoms with van der Waals surface area (Å²) in [6, 6.07) is 16.1. The highest BCUT2D eigenvalue weighted by molar-refractivity contribution is 5.75. The predicted octanol–water partition coefficient (Wildman–Crippen LogP) is 3.25. The first kappa shape index (κ1) is 15.3. The van der Waals surface area contributed by atoms with Gasteiger partial charge in [0.05, 0.1) is 18.4 Å². The SMILES string of the molecule is Cc1ccc(Cn2cnc3c(cnn3-c3ccccc3C)c2=O)cc1. The zero-order chi connectivity index (χ0) is 17.4. The van der Waals surface area contributed by atoms with Crippen LogP contribution in [0.3, 0.4) is 0 Å². The maximum Gasteiger partial charge on any atom is 0.264 e. The number of hydrogen-bond donors (Lipinski definition) is 0. The Morgan fingerprint density at radius 2 is 1.76 bits per heavy atom. The summed E-state index contributed by atoms with van der Waals surface area (Å²) in [6.45, 7) is 4.56. The van der Waals surface area contributed by atoms with E-state index in [4.69, 9.17) is 0 Å². The summed E-state index contributed by atoms with van der Waals surface area (Å²) in [4.78, 5) is 17.3. The fourth-order valence-electron chi connectivity index (χ4n) is 2.93. The Morgan fingerprint density at radius 3 is 2.52 bits per heavy atom. The van der Waals surface area contributed by atoms with E-state index in [-0.39, 0.29) is 5.56 Å². The van der Waals surface area contributed by atoms with E-state index in [1.807, 2.05) is 62.4 Å². The van der Waals surface area contributed by atoms with Gasteiger partial charge in [0.25, 0.3) is 5.56 Å². The average Bonchev–Trinajstić information content (AvgIpc) is 3.04. The van der Waals surface area contributed by atoms with Gasteiger partial charge in [-0.05, 0) is 31.0 Å². The minimum atomic E-state index is -0.0783. The molecular weight excluding hydrogens is 312 g/mol. The lowest BCUT2D eigenvalue weighted by atomic mass is 10.1. The van der Waals surface area contributed by atoms with Crippen molar-refractivity contribution in [1.82, 2.24) is 19.3 Å². The molecule has 0 N–H and O–H groups in total. The van der Waals surface area contributed by atoms with Crippen LogP contribution in [0.15, 0.2) is 65.8 Å². The monoisotopic (exact) mass is 330 g/mol. The zero-order valence-corrected chi connectivity index (χ0v) is 14.2. The van der Waals surface area contributed by atoms with Crippen molar-refractivity contribution in [2.45, 2.75) is 20.4 Å². The molecule has 0 aliphatic rings. The van der Waals surface area contributed by atoms with E-state index in [0.29, 0.717) is 17.6 Å². The number of hydrogen-bond acceptors (Lipinski definition) is 3. The van der Waals surface area contributed by atoms with Crippen molar-refractivity contribution in [3.05, 3.63) is 88.1 Å². The van der Waals surface area contributed by atoms with Gasteiger partial charge in [-0.15, -0.1) is 0 Å². The number of benzene rings is 2. The van der Waals surface area contributed by atoms with E-state index >= 15 is 0 Å². The van der Waals surface area contributed by atoms with E-state index < -0.39 is 0 Å². The number of nitrogens with zero attached hydrogens (tertiary/aromatic N) is 4. The maximum atomic E-state index is 12.8. The smallest absolute Gasteiger partial charge is 0.264 e. The van der Waals surface area contributed by atoms with Crippen LogP contribution in [-0.2, 0) is 6.54 Å². The molecule has 25 heavy (non-hydrogen) atoms. The molecule has 124 valence electrons. The molecule has 0 bridgehead atoms. The fourth-order valence-corrected chi connectivity index (χ4v) is 2.93. The Balaban J connectivity index is 1.78. The van der Waals surface area contributed by atoms with Gasteiger partial charge in [0.2, 0.25) is 0 Å². The summed E-state index contributed by atoms with van der Waals surface area (Å²) in [7, 11) is 0. The molecule has 4 rings (SSSR count). The molecule has 2 heterocycles. The van der Waals surface area contributed by atoms with E-state index in [1.54, 1.807) is 21.8 Å². The van der Waals surface area contributed by atoms with Crippen molar-refractivity contribution >= 4 is 11.0 Å². The van der Waals surface area contributed by atoms with Crippen LogP contribution in [0.25, 0.3) is 16.7 Å². The van der Waals surface area contributed by atoms with Crippen molar-refractivity contribution in [3.8, 4) is 5.69 Å². The van der Waals surface area contributed by atoms with Crippen LogP contribution in [-0.4, -0.2) is 19.3 Å². The minimum absolute atomic E-state index is 0.0783. The highest BCUT2D eigenvalue weighted by atomic mass is 16.1. The maximum absolute atomic E-state index is 12.8. The lowest BCUT2D eigenvalue weighted by Crippen LogP contribution is -2.21. The van der Waals surface area contributed by atoms with Crippen LogP contribution in [0.2, 0.25) is 0 Å². The minimum Gasteiger partial charge on any atom is -0.294 e. The number of aryl methyl sites for hydroxylation is 2. The third-order valence-electron chi connectivity index (χ3n) is 4.37. The largest absolute Gasteiger partial charge is 0.294 e. The van der Waals surface area contributed by atoms with Gasteiger partial charge < -0.3 is 0 Å². The molecule has 0 fully saturated rings. The summed E-state index contributed by atoms with van der Waals surface area (Å²) >= 11 is 0. The first-order valence-electron chi connectivity index (χ1n) is 8.18. The van der Waals surface area contributed by atoms with E-state index in [1.165, 1.54) is 5.56 Å². The normalized spacial score (nSPS) is 11.1. The van der Waals surface area contributed by atoms with E-state index in [9.17, 15) is 4.79 Å². The molecule has 5 nitrogen and oxygen atoms in total. The van der Waals surface area contributed by atoms with Crippen molar-refractivity contribution < 1.29 is 0 Å². The van der Waals surface area contributed by atoms with Gasteiger partial charge in [-0.25, -0.2) is 9.67 Å². The lowest BCUT2D eigenvalue weighted by molar-refractivity contribution is 0.745. The third-order valence-corrected chi connectivity index (χ3v) is 4.37. The second-order valence-corrected chi connectivity index (χ2v) is 6.24. The molecule has 0 amide bonds. The topological polar surface area (TPSA) is 52.7 Å². The lowest BCUT2D eigenvalue weighted by Gasteiger charge is -2.08. The molecule has 4 aromatic rings. The second kappa shape index (κ2) is 6.02. The first-order valence-corrected chi connectivity index (χ1v) is 8.18. The molecule has 0 saturated heterocycles. The summed E-state index contributed by atoms with van der Waals surface area (Å²) in [5, 5.41) is 4.91. The predicted molar refractivity (Wildman–Crippen MR) is 98.1 cm³/mol. The summed E-state index contributed by atoms with van der Waals surface area (Å²) in [6.07, 6.45) is 3.20. The van der Waals surface area contributed by atoms with E-state index in [2.05, 4.69) is 10.1 Å². The molecule has 0 spiro atoms. The van der Waals surface area contributed by atoms with Crippen molar-refractivity contribution in [2.75, 3.05) is 0 Å². The van der Waals surface area contributed by atoms with Gasteiger partial charge >= 0.3 is 0 Å². The highest BCUT2D eigenvalue weighted by Crippen LogP contribution is 2.17. The summed E-state index contributed by atoms with van der Waals surface area (Å²) < 4.78 is 3.35. The zero-order valence-electron chi connectivity index (χ0n) is 14.2. The molecule has 0 unspecified atom stereocenters. The molecule has 5 heteroatoms. The Labute approximate surface area is 145 Å². The third kappa shape index (κ3) is 2.74. The van der Waals surface area contributed by atoms with Gasteiger partial charge in [-0.3, -0.25) is 9.36 Å². The average molecular weight is 330 g/mol. The van der Waals surface area contributed by atoms with Crippen molar-refractivity contribution in [2.24, 2.45) is 0 Å². The van der Waals surface area contributed by atoms with Crippen molar-refractivity contribution in [3.63, 3.8) is 0 Å². The first-order chi connectivity index (χ1) is 12.1. The fraction of sp³-hybridized carbons (Fsp3) is 0.150. The molecule has 0 aliphatic carbocycles. The van der Waals surface area contributed by atoms with Crippen molar-refractivity contribution in [1.29, 1.82) is 0 Å². The molecule has 0 radical (unpaired) electrons. The van der Waals surface area contributed by atoms with Crippen LogP contribution in [0, 0.1) is 13.8 Å². The number of para-hydroxylation sites is 1. The van der Waals surface area contributed by atoms with Crippen LogP contribution in [0.4, 0.5) is 0 Å². The Hall–Kier alpha value is -3.21.